The quantitative estimate of drug-likeness (QED) is 0.871. The van der Waals surface area contributed by atoms with Crippen molar-refractivity contribution in [2.75, 3.05) is 0 Å². The number of nitrogens with zero attached hydrogens (tertiary/aromatic N) is 1. The van der Waals surface area contributed by atoms with E-state index in [4.69, 9.17) is 0 Å². The second-order valence-corrected chi connectivity index (χ2v) is 6.66. The summed E-state index contributed by atoms with van der Waals surface area (Å²) in [6.45, 7) is 3.84. The Labute approximate surface area is 129 Å². The number of carbonyl (C=O) groups excluding carboxylic acids is 2. The van der Waals surface area contributed by atoms with Gasteiger partial charge in [0.25, 0.3) is 0 Å². The number of ketones is 1. The van der Waals surface area contributed by atoms with Crippen LogP contribution in [0.1, 0.15) is 36.3 Å². The van der Waals surface area contributed by atoms with Gasteiger partial charge in [-0.15, -0.1) is 0 Å². The third kappa shape index (κ3) is 2.56. The number of hydrogen-bond donors (Lipinski definition) is 0. The number of aliphatic carboxylic acids is 1. The van der Waals surface area contributed by atoms with Crippen molar-refractivity contribution in [2.24, 2.45) is 5.41 Å². The molecule has 0 amide bonds. The highest BCUT2D eigenvalue weighted by Crippen LogP contribution is 2.38. The fraction of sp³-hybridized carbons (Fsp3) is 0.333. The Balaban J connectivity index is 2.20. The Hall–Kier alpha value is -2.36. The normalized spacial score (nSPS) is 16.4. The van der Waals surface area contributed by atoms with Gasteiger partial charge < -0.3 is 14.5 Å². The zero-order chi connectivity index (χ0) is 15.9. The van der Waals surface area contributed by atoms with Gasteiger partial charge in [0.2, 0.25) is 0 Å². The summed E-state index contributed by atoms with van der Waals surface area (Å²) in [4.78, 5) is 23.6. The van der Waals surface area contributed by atoms with Gasteiger partial charge in [0, 0.05) is 23.4 Å². The van der Waals surface area contributed by atoms with E-state index in [2.05, 4.69) is 0 Å². The highest BCUT2D eigenvalue weighted by Gasteiger charge is 2.34. The van der Waals surface area contributed by atoms with E-state index in [-0.39, 0.29) is 17.7 Å². The maximum Gasteiger partial charge on any atom is 0.165 e. The molecule has 0 atom stereocenters. The second kappa shape index (κ2) is 5.13. The molecule has 0 saturated heterocycles. The van der Waals surface area contributed by atoms with Crippen LogP contribution in [0.25, 0.3) is 11.3 Å². The molecule has 0 fully saturated rings. The Bertz CT molecular complexity index is 741. The van der Waals surface area contributed by atoms with E-state index in [0.717, 1.165) is 17.0 Å². The van der Waals surface area contributed by atoms with Crippen LogP contribution in [0.4, 0.5) is 0 Å². The highest BCUT2D eigenvalue weighted by atomic mass is 16.4. The third-order valence-corrected chi connectivity index (χ3v) is 4.15. The Morgan fingerprint density at radius 3 is 2.55 bits per heavy atom. The summed E-state index contributed by atoms with van der Waals surface area (Å²) in [5.41, 5.74) is 2.98. The average Bonchev–Trinajstić information content (AvgIpc) is 2.77. The Morgan fingerprint density at radius 1 is 1.23 bits per heavy atom. The number of aromatic nitrogens is 1. The van der Waals surface area contributed by atoms with Crippen LogP contribution in [0.3, 0.4) is 0 Å². The fourth-order valence-electron chi connectivity index (χ4n) is 3.22. The molecule has 22 heavy (non-hydrogen) atoms. The molecule has 1 heterocycles. The minimum absolute atomic E-state index is 0.0838. The van der Waals surface area contributed by atoms with Crippen molar-refractivity contribution in [3.05, 3.63) is 47.7 Å². The van der Waals surface area contributed by atoms with Gasteiger partial charge in [-0.1, -0.05) is 44.2 Å². The number of hydrogen-bond acceptors (Lipinski definition) is 3. The average molecular weight is 296 g/mol. The molecule has 3 rings (SSSR count). The molecule has 1 aliphatic rings. The van der Waals surface area contributed by atoms with Crippen LogP contribution in [0.15, 0.2) is 36.4 Å². The topological polar surface area (TPSA) is 62.1 Å². The molecule has 1 aromatic heterocycles. The molecule has 4 nitrogen and oxygen atoms in total. The molecular weight excluding hydrogens is 278 g/mol. The summed E-state index contributed by atoms with van der Waals surface area (Å²) in [7, 11) is 0. The largest absolute Gasteiger partial charge is 0.548 e. The molecule has 2 aromatic rings. The van der Waals surface area contributed by atoms with Crippen LogP contribution in [-0.2, 0) is 17.8 Å². The number of carboxylic acid groups (broad SMARTS) is 1. The molecule has 0 unspecified atom stereocenters. The molecule has 4 heteroatoms. The zero-order valence-electron chi connectivity index (χ0n) is 12.8. The van der Waals surface area contributed by atoms with Gasteiger partial charge >= 0.3 is 0 Å². The van der Waals surface area contributed by atoms with Crippen LogP contribution in [0, 0.1) is 5.41 Å². The predicted octanol–water partition coefficient (Wildman–Crippen LogP) is 2.06. The van der Waals surface area contributed by atoms with Crippen LogP contribution >= 0.6 is 0 Å². The van der Waals surface area contributed by atoms with E-state index in [1.807, 2.05) is 50.2 Å². The third-order valence-electron chi connectivity index (χ3n) is 4.15. The van der Waals surface area contributed by atoms with Gasteiger partial charge in [0.1, 0.15) is 0 Å². The number of Topliss-reactive ketones (excluding diaryl/α,β-unsaturated/α-hetero) is 1. The van der Waals surface area contributed by atoms with Gasteiger partial charge in [-0.05, 0) is 23.5 Å². The van der Waals surface area contributed by atoms with Gasteiger partial charge in [0.15, 0.2) is 5.78 Å². The van der Waals surface area contributed by atoms with Crippen LogP contribution in [0.5, 0.6) is 0 Å². The minimum Gasteiger partial charge on any atom is -0.548 e. The van der Waals surface area contributed by atoms with Crippen molar-refractivity contribution in [2.45, 2.75) is 33.2 Å². The molecule has 0 radical (unpaired) electrons. The van der Waals surface area contributed by atoms with Crippen molar-refractivity contribution < 1.29 is 14.7 Å². The van der Waals surface area contributed by atoms with Crippen molar-refractivity contribution in [3.63, 3.8) is 0 Å². The summed E-state index contributed by atoms with van der Waals surface area (Å²) in [6.07, 6.45) is 1.18. The molecule has 0 spiro atoms. The van der Waals surface area contributed by atoms with Crippen LogP contribution < -0.4 is 5.11 Å². The number of carbonyl (C=O) groups is 2. The maximum atomic E-state index is 12.4. The molecule has 0 saturated carbocycles. The van der Waals surface area contributed by atoms with Gasteiger partial charge in [-0.3, -0.25) is 4.79 Å². The van der Waals surface area contributed by atoms with E-state index in [0.29, 0.717) is 18.4 Å². The number of benzene rings is 1. The molecular formula is C18H18NO3-. The van der Waals surface area contributed by atoms with E-state index < -0.39 is 5.97 Å². The Morgan fingerprint density at radius 2 is 1.91 bits per heavy atom. The maximum absolute atomic E-state index is 12.4. The Kier molecular flexibility index (Phi) is 3.39. The summed E-state index contributed by atoms with van der Waals surface area (Å²) >= 11 is 0. The van der Waals surface area contributed by atoms with E-state index in [1.54, 1.807) is 4.57 Å². The summed E-state index contributed by atoms with van der Waals surface area (Å²) in [5, 5.41) is 11.2. The second-order valence-electron chi connectivity index (χ2n) is 6.66. The lowest BCUT2D eigenvalue weighted by Crippen LogP contribution is -2.32. The monoisotopic (exact) mass is 296 g/mol. The molecule has 0 bridgehead atoms. The standard InChI is InChI=1S/C18H19NO3/c1-18(2)9-15-13(16(20)10-18)8-14(19(15)11-17(21)22)12-6-4-3-5-7-12/h3-8H,9-11H2,1-2H3,(H,21,22)/p-1. The minimum atomic E-state index is -1.15. The lowest BCUT2D eigenvalue weighted by atomic mass is 9.76. The van der Waals surface area contributed by atoms with E-state index >= 15 is 0 Å². The van der Waals surface area contributed by atoms with Gasteiger partial charge in [0.05, 0.1) is 12.5 Å². The lowest BCUT2D eigenvalue weighted by Gasteiger charge is -2.30. The predicted molar refractivity (Wildman–Crippen MR) is 81.3 cm³/mol. The van der Waals surface area contributed by atoms with E-state index in [9.17, 15) is 14.7 Å². The van der Waals surface area contributed by atoms with E-state index in [1.165, 1.54) is 0 Å². The molecule has 1 aliphatic carbocycles. The van der Waals surface area contributed by atoms with Crippen molar-refractivity contribution in [1.29, 1.82) is 0 Å². The summed E-state index contributed by atoms with van der Waals surface area (Å²) in [5.74, 6) is -1.06. The summed E-state index contributed by atoms with van der Waals surface area (Å²) in [6, 6.07) is 11.4. The SMILES string of the molecule is CC1(C)CC(=O)c2cc(-c3ccccc3)n(CC(=O)[O-])c2C1. The first-order valence-electron chi connectivity index (χ1n) is 7.38. The molecule has 114 valence electrons. The molecule has 0 N–H and O–H groups in total. The first kappa shape index (κ1) is 14.6. The molecule has 0 aliphatic heterocycles. The number of fused-ring (bicyclic) bond motifs is 1. The van der Waals surface area contributed by atoms with Crippen LogP contribution in [0.2, 0.25) is 0 Å². The van der Waals surface area contributed by atoms with Crippen molar-refractivity contribution >= 4 is 11.8 Å². The number of rotatable bonds is 3. The highest BCUT2D eigenvalue weighted by molar-refractivity contribution is 6.00. The zero-order valence-corrected chi connectivity index (χ0v) is 12.8. The van der Waals surface area contributed by atoms with Crippen molar-refractivity contribution in [1.82, 2.24) is 4.57 Å². The van der Waals surface area contributed by atoms with Crippen molar-refractivity contribution in [3.8, 4) is 11.3 Å². The first-order chi connectivity index (χ1) is 10.4. The number of carboxylic acids is 1. The van der Waals surface area contributed by atoms with Gasteiger partial charge in [-0.25, -0.2) is 0 Å². The first-order valence-corrected chi connectivity index (χ1v) is 7.38. The van der Waals surface area contributed by atoms with Gasteiger partial charge in [-0.2, -0.15) is 0 Å². The summed E-state index contributed by atoms with van der Waals surface area (Å²) < 4.78 is 1.72. The smallest absolute Gasteiger partial charge is 0.165 e. The lowest BCUT2D eigenvalue weighted by molar-refractivity contribution is -0.306. The fourth-order valence-corrected chi connectivity index (χ4v) is 3.22. The molecule has 1 aromatic carbocycles. The van der Waals surface area contributed by atoms with Crippen LogP contribution in [-0.4, -0.2) is 16.3 Å².